The van der Waals surface area contributed by atoms with E-state index in [1.54, 1.807) is 18.2 Å². The smallest absolute Gasteiger partial charge is 0.0240 e. The topological polar surface area (TPSA) is 26.0 Å². The largest absolute Gasteiger partial charge is 0.399 e. The highest BCUT2D eigenvalue weighted by Gasteiger charge is 1.65. The molecule has 0 aliphatic carbocycles. The number of nitrogens with two attached hydrogens (primary N) is 1. The van der Waals surface area contributed by atoms with Gasteiger partial charge in [0.1, 0.15) is 0 Å². The van der Waals surface area contributed by atoms with Crippen LogP contribution in [0.1, 0.15) is 0 Å². The third-order valence-electron chi connectivity index (χ3n) is 0.446. The highest BCUT2D eigenvalue weighted by molar-refractivity contribution is 5.14. The Balaban J connectivity index is 3.46. The van der Waals surface area contributed by atoms with Crippen molar-refractivity contribution in [1.82, 2.24) is 0 Å². The Kier molecular flexibility index (Phi) is 2.77. The molecule has 1 heteroatoms. The molecule has 0 aromatic rings. The zero-order chi connectivity index (χ0) is 5.70. The van der Waals surface area contributed by atoms with Crippen LogP contribution in [0.25, 0.3) is 0 Å². The third kappa shape index (κ3) is 5.02. The molecule has 0 bridgehead atoms. The van der Waals surface area contributed by atoms with Crippen molar-refractivity contribution in [2.45, 2.75) is 0 Å². The van der Waals surface area contributed by atoms with Gasteiger partial charge in [0.25, 0.3) is 0 Å². The van der Waals surface area contributed by atoms with Crippen LogP contribution in [0.5, 0.6) is 0 Å². The molecule has 0 heterocycles. The molecule has 2 N–H and O–H groups in total. The molecule has 0 saturated heterocycles. The second kappa shape index (κ2) is 3.22. The van der Waals surface area contributed by atoms with Crippen LogP contribution in [0.4, 0.5) is 0 Å². The summed E-state index contributed by atoms with van der Waals surface area (Å²) >= 11 is 0. The quantitative estimate of drug-likeness (QED) is 0.512. The lowest BCUT2D eigenvalue weighted by molar-refractivity contribution is 1.45. The summed E-state index contributed by atoms with van der Waals surface area (Å²) in [5, 5.41) is 0. The summed E-state index contributed by atoms with van der Waals surface area (Å²) in [4.78, 5) is 0. The summed E-state index contributed by atoms with van der Waals surface area (Å²) < 4.78 is 0. The average Bonchev–Trinajstić information content (AvgIpc) is 1.61. The van der Waals surface area contributed by atoms with Gasteiger partial charge in [-0.2, -0.15) is 0 Å². The van der Waals surface area contributed by atoms with Crippen molar-refractivity contribution >= 4 is 0 Å². The molecule has 1 nitrogen and oxygen atoms in total. The van der Waals surface area contributed by atoms with Crippen LogP contribution in [0.15, 0.2) is 37.1 Å². The lowest BCUT2D eigenvalue weighted by Gasteiger charge is -1.78. The van der Waals surface area contributed by atoms with Gasteiger partial charge in [-0.3, -0.25) is 0 Å². The van der Waals surface area contributed by atoms with Gasteiger partial charge in [0.2, 0.25) is 0 Å². The second-order valence-electron chi connectivity index (χ2n) is 1.17. The van der Waals surface area contributed by atoms with Crippen molar-refractivity contribution in [2.24, 2.45) is 5.73 Å². The summed E-state index contributed by atoms with van der Waals surface area (Å²) in [5.74, 6) is 0. The first-order valence-electron chi connectivity index (χ1n) is 2.01. The van der Waals surface area contributed by atoms with E-state index < -0.39 is 0 Å². The molecule has 0 aliphatic heterocycles. The van der Waals surface area contributed by atoms with Crippen molar-refractivity contribution in [3.63, 3.8) is 0 Å². The number of allylic oxidation sites excluding steroid dienone is 3. The molecule has 0 spiro atoms. The average molecular weight is 95.1 g/mol. The van der Waals surface area contributed by atoms with E-state index in [2.05, 4.69) is 13.2 Å². The summed E-state index contributed by atoms with van der Waals surface area (Å²) in [7, 11) is 0. The minimum Gasteiger partial charge on any atom is -0.399 e. The highest BCUT2D eigenvalue weighted by atomic mass is 14.5. The standard InChI is InChI=1S/C6H9N/c1-3-4-5-6(2)7/h3-5H,1-2,7H2/b5-4+. The Hall–Kier alpha value is -0.980. The Bertz CT molecular complexity index is 101. The maximum absolute atomic E-state index is 5.15. The SMILES string of the molecule is C=C/C=C/C(=C)N. The molecule has 0 aromatic carbocycles. The van der Waals surface area contributed by atoms with Gasteiger partial charge < -0.3 is 5.73 Å². The molecule has 0 aliphatic rings. The maximum Gasteiger partial charge on any atom is 0.0240 e. The van der Waals surface area contributed by atoms with Crippen LogP contribution in [0.3, 0.4) is 0 Å². The Morgan fingerprint density at radius 3 is 2.29 bits per heavy atom. The first kappa shape index (κ1) is 6.02. The molecular formula is C6H9N. The molecule has 38 valence electrons. The minimum atomic E-state index is 0.555. The van der Waals surface area contributed by atoms with Gasteiger partial charge >= 0.3 is 0 Å². The monoisotopic (exact) mass is 95.1 g/mol. The Morgan fingerprint density at radius 2 is 2.14 bits per heavy atom. The first-order chi connectivity index (χ1) is 3.27. The zero-order valence-electron chi connectivity index (χ0n) is 4.22. The van der Waals surface area contributed by atoms with Crippen molar-refractivity contribution in [3.05, 3.63) is 37.1 Å². The normalized spacial score (nSPS) is 9.14. The Labute approximate surface area is 43.8 Å². The molecule has 0 fully saturated rings. The minimum absolute atomic E-state index is 0.555. The van der Waals surface area contributed by atoms with E-state index in [0.717, 1.165) is 0 Å². The molecular weight excluding hydrogens is 86.1 g/mol. The molecule has 0 unspecified atom stereocenters. The van der Waals surface area contributed by atoms with Crippen LogP contribution < -0.4 is 5.73 Å². The van der Waals surface area contributed by atoms with Gasteiger partial charge in [-0.05, 0) is 6.08 Å². The van der Waals surface area contributed by atoms with Gasteiger partial charge in [0.05, 0.1) is 0 Å². The molecule has 0 atom stereocenters. The second-order valence-corrected chi connectivity index (χ2v) is 1.17. The van der Waals surface area contributed by atoms with E-state index in [1.165, 1.54) is 0 Å². The molecule has 0 amide bonds. The third-order valence-corrected chi connectivity index (χ3v) is 0.446. The van der Waals surface area contributed by atoms with E-state index >= 15 is 0 Å². The lowest BCUT2D eigenvalue weighted by Crippen LogP contribution is -1.87. The van der Waals surface area contributed by atoms with Gasteiger partial charge in [-0.15, -0.1) is 0 Å². The van der Waals surface area contributed by atoms with E-state index in [-0.39, 0.29) is 0 Å². The van der Waals surface area contributed by atoms with Crippen molar-refractivity contribution in [1.29, 1.82) is 0 Å². The zero-order valence-corrected chi connectivity index (χ0v) is 4.22. The fourth-order valence-electron chi connectivity index (χ4n) is 0.192. The fraction of sp³-hybridized carbons (Fsp3) is 0. The summed E-state index contributed by atoms with van der Waals surface area (Å²) in [5.41, 5.74) is 5.70. The number of hydrogen-bond acceptors (Lipinski definition) is 1. The summed E-state index contributed by atoms with van der Waals surface area (Å²) in [6, 6.07) is 0. The Morgan fingerprint density at radius 1 is 1.57 bits per heavy atom. The predicted molar refractivity (Wildman–Crippen MR) is 32.7 cm³/mol. The van der Waals surface area contributed by atoms with Gasteiger partial charge in [0, 0.05) is 5.70 Å². The summed E-state index contributed by atoms with van der Waals surface area (Å²) in [6.07, 6.45) is 5.08. The van der Waals surface area contributed by atoms with E-state index in [9.17, 15) is 0 Å². The van der Waals surface area contributed by atoms with Gasteiger partial charge in [0.15, 0.2) is 0 Å². The van der Waals surface area contributed by atoms with Crippen LogP contribution in [0, 0.1) is 0 Å². The molecule has 0 saturated carbocycles. The van der Waals surface area contributed by atoms with E-state index in [0.29, 0.717) is 5.70 Å². The predicted octanol–water partition coefficient (Wildman–Crippen LogP) is 1.20. The van der Waals surface area contributed by atoms with Crippen LogP contribution >= 0.6 is 0 Å². The highest BCUT2D eigenvalue weighted by Crippen LogP contribution is 1.78. The van der Waals surface area contributed by atoms with Crippen molar-refractivity contribution in [2.75, 3.05) is 0 Å². The van der Waals surface area contributed by atoms with Crippen LogP contribution in [-0.4, -0.2) is 0 Å². The first-order valence-corrected chi connectivity index (χ1v) is 2.01. The van der Waals surface area contributed by atoms with Crippen LogP contribution in [0.2, 0.25) is 0 Å². The molecule has 7 heavy (non-hydrogen) atoms. The number of hydrogen-bond donors (Lipinski definition) is 1. The van der Waals surface area contributed by atoms with Crippen molar-refractivity contribution in [3.8, 4) is 0 Å². The molecule has 0 rings (SSSR count). The molecule has 0 aromatic heterocycles. The van der Waals surface area contributed by atoms with E-state index in [1.807, 2.05) is 0 Å². The van der Waals surface area contributed by atoms with Crippen LogP contribution in [-0.2, 0) is 0 Å². The van der Waals surface area contributed by atoms with E-state index in [4.69, 9.17) is 5.73 Å². The maximum atomic E-state index is 5.15. The lowest BCUT2D eigenvalue weighted by atomic mass is 10.4. The fourth-order valence-corrected chi connectivity index (χ4v) is 0.192. The van der Waals surface area contributed by atoms with Gasteiger partial charge in [-0.1, -0.05) is 25.3 Å². The number of rotatable bonds is 2. The molecule has 0 radical (unpaired) electrons. The van der Waals surface area contributed by atoms with Gasteiger partial charge in [-0.25, -0.2) is 0 Å². The summed E-state index contributed by atoms with van der Waals surface area (Å²) in [6.45, 7) is 6.88. The van der Waals surface area contributed by atoms with Crippen molar-refractivity contribution < 1.29 is 0 Å².